The summed E-state index contributed by atoms with van der Waals surface area (Å²) >= 11 is 13.6. The van der Waals surface area contributed by atoms with Gasteiger partial charge in [-0.15, -0.1) is 0 Å². The van der Waals surface area contributed by atoms with Gasteiger partial charge in [0.15, 0.2) is 5.96 Å². The third kappa shape index (κ3) is 18.1. The van der Waals surface area contributed by atoms with E-state index in [1.54, 1.807) is 26.0 Å². The zero-order valence-corrected chi connectivity index (χ0v) is 53.7. The van der Waals surface area contributed by atoms with Crippen molar-refractivity contribution in [2.75, 3.05) is 19.6 Å². The van der Waals surface area contributed by atoms with Crippen LogP contribution >= 0.6 is 23.2 Å². The van der Waals surface area contributed by atoms with Gasteiger partial charge in [-0.1, -0.05) is 47.5 Å². The Kier molecular flexibility index (Phi) is 23.8. The Morgan fingerprint density at radius 1 is 0.673 bits per heavy atom. The standard InChI is InChI=1S/C69H61Cl2N13O14/c1-35-22-40(42(30-72)31-73)25-45(96-35)16-18-47-60(89)51(70)27-49-59(50-28-52(71)61(90)48(63(50)98-62(47)49)19-17-46-26-41(23-36(2)97-46)43(32-74)33-75)38-10-12-39(13-11-38)64(91)78-20-4-3-6-54-66(93)82-53(7-5-21-79-69(76)77)65(92)80-34-57(86)81-56(29-58(87)88)68(95)84-55(67(94)83-54)24-37-8-14-44(85)15-9-37/h8-19,22-23,25-28,53-56,85,89H,3-7,20-21,24,29,34H2,1-2H3,(H,78,91)(H,80,92)(H,81,86)(H,82,93)(H,83,94)(H,84,95)(H,87,88)(H4,76,77,79)/b18-16+,19-17+. The molecule has 1 saturated heterocycles. The zero-order valence-electron chi connectivity index (χ0n) is 52.2. The summed E-state index contributed by atoms with van der Waals surface area (Å²) in [6, 6.07) is 16.1. The maximum atomic E-state index is 14.3. The molecular weight excluding hydrogens is 1310 g/mol. The summed E-state index contributed by atoms with van der Waals surface area (Å²) in [5.74, 6) is -6.72. The minimum absolute atomic E-state index is 0.0169. The molecule has 98 heavy (non-hydrogen) atoms. The molecule has 4 heterocycles. The van der Waals surface area contributed by atoms with Crippen molar-refractivity contribution >= 4 is 93.7 Å². The number of nitrogens with zero attached hydrogens (tertiary/aromatic N) is 4. The SMILES string of the molecule is CC1=CC(=C(C#N)C#N)C=C(/C=C/c2c3oc4c(/C=C/C5=CC(=C(C#N)C#N)C=C(C)O5)c(O)c(Cl)cc4c(-c4ccc(C(=O)NCCCCC5NC(=O)C(Cc6ccc(O)cc6)NC(=O)C(CC(=O)O)NC(=O)CNC(=O)C(CCCNC(=N)N)NC5=O)cc4)c-3cc(Cl)c2=O)O1. The number of carbonyl (C=O) groups excluding carboxylic acids is 6. The van der Waals surface area contributed by atoms with Gasteiger partial charge in [-0.2, -0.15) is 21.0 Å². The van der Waals surface area contributed by atoms with Gasteiger partial charge < -0.3 is 72.2 Å². The number of guanidine groups is 1. The number of carbonyl (C=O) groups is 7. The number of allylic oxidation sites excluding steroid dienone is 12. The quantitative estimate of drug-likeness (QED) is 0.0136. The highest BCUT2D eigenvalue weighted by Gasteiger charge is 2.34. The lowest BCUT2D eigenvalue weighted by molar-refractivity contribution is -0.141. The Labute approximate surface area is 569 Å². The summed E-state index contributed by atoms with van der Waals surface area (Å²) < 4.78 is 18.4. The third-order valence-electron chi connectivity index (χ3n) is 15.3. The van der Waals surface area contributed by atoms with E-state index in [9.17, 15) is 74.7 Å². The maximum absolute atomic E-state index is 14.3. The number of benzene rings is 4. The molecule has 3 aromatic rings. The molecule has 0 radical (unpaired) electrons. The van der Waals surface area contributed by atoms with Crippen molar-refractivity contribution in [1.82, 2.24) is 37.2 Å². The number of phenolic OH excluding ortho intramolecular Hbond substituents is 2. The van der Waals surface area contributed by atoms with Gasteiger partial charge in [-0.25, -0.2) is 0 Å². The number of nitriles is 4. The normalized spacial score (nSPS) is 17.6. The van der Waals surface area contributed by atoms with Crippen LogP contribution < -0.4 is 48.4 Å². The molecule has 4 unspecified atom stereocenters. The molecule has 0 saturated carbocycles. The number of fused-ring (bicyclic) bond motifs is 2. The van der Waals surface area contributed by atoms with E-state index in [4.69, 9.17) is 48.2 Å². The molecule has 13 N–H and O–H groups in total. The van der Waals surface area contributed by atoms with Crippen LogP contribution in [0.1, 0.15) is 79.4 Å². The second-order valence-electron chi connectivity index (χ2n) is 22.3. The van der Waals surface area contributed by atoms with E-state index >= 15 is 0 Å². The number of hydrogen-bond acceptors (Lipinski definition) is 18. The molecule has 1 fully saturated rings. The number of carboxylic acid groups (broad SMARTS) is 1. The van der Waals surface area contributed by atoms with Gasteiger partial charge in [0, 0.05) is 52.7 Å². The van der Waals surface area contributed by atoms with E-state index < -0.39 is 89.7 Å². The molecule has 6 amide bonds. The number of unbranched alkanes of at least 4 members (excludes halogenated alkanes) is 1. The summed E-state index contributed by atoms with van der Waals surface area (Å²) in [5, 5.41) is 95.1. The first-order chi connectivity index (χ1) is 46.9. The van der Waals surface area contributed by atoms with Gasteiger partial charge in [0.2, 0.25) is 35.0 Å². The van der Waals surface area contributed by atoms with Gasteiger partial charge >= 0.3 is 5.97 Å². The monoisotopic (exact) mass is 1370 g/mol. The molecule has 500 valence electrons. The van der Waals surface area contributed by atoms with Gasteiger partial charge in [-0.3, -0.25) is 43.8 Å². The van der Waals surface area contributed by atoms with E-state index in [0.29, 0.717) is 28.2 Å². The van der Waals surface area contributed by atoms with Crippen LogP contribution in [-0.4, -0.2) is 106 Å². The Bertz CT molecular complexity index is 4540. The number of aromatic hydroxyl groups is 2. The summed E-state index contributed by atoms with van der Waals surface area (Å²) in [4.78, 5) is 109. The van der Waals surface area contributed by atoms with Crippen molar-refractivity contribution in [3.63, 3.8) is 0 Å². The maximum Gasteiger partial charge on any atom is 0.305 e. The second kappa shape index (κ2) is 32.6. The lowest BCUT2D eigenvalue weighted by Gasteiger charge is -2.26. The highest BCUT2D eigenvalue weighted by Crippen LogP contribution is 2.47. The van der Waals surface area contributed by atoms with Gasteiger partial charge in [-0.05, 0) is 142 Å². The molecule has 3 aromatic carbocycles. The highest BCUT2D eigenvalue weighted by molar-refractivity contribution is 6.34. The number of rotatable bonds is 19. The predicted molar refractivity (Wildman–Crippen MR) is 357 cm³/mol. The first kappa shape index (κ1) is 71.4. The van der Waals surface area contributed by atoms with Crippen molar-refractivity contribution < 1.29 is 62.8 Å². The molecule has 4 aliphatic heterocycles. The molecule has 0 spiro atoms. The van der Waals surface area contributed by atoms with Crippen molar-refractivity contribution in [2.24, 2.45) is 5.73 Å². The third-order valence-corrected chi connectivity index (χ3v) is 15.9. The number of carboxylic acids is 1. The average Bonchev–Trinajstić information content (AvgIpc) is 0.730. The summed E-state index contributed by atoms with van der Waals surface area (Å²) in [5.41, 5.74) is 6.30. The highest BCUT2D eigenvalue weighted by atomic mass is 35.5. The second-order valence-corrected chi connectivity index (χ2v) is 23.2. The summed E-state index contributed by atoms with van der Waals surface area (Å²) in [6.45, 7) is 2.59. The van der Waals surface area contributed by atoms with Gasteiger partial charge in [0.25, 0.3) is 5.91 Å². The lowest BCUT2D eigenvalue weighted by atomic mass is 9.90. The average molecular weight is 1370 g/mol. The predicted octanol–water partition coefficient (Wildman–Crippen LogP) is 6.58. The first-order valence-electron chi connectivity index (χ1n) is 30.1. The molecule has 0 aromatic heterocycles. The smallest absolute Gasteiger partial charge is 0.305 e. The van der Waals surface area contributed by atoms with Crippen molar-refractivity contribution in [1.29, 1.82) is 26.5 Å². The van der Waals surface area contributed by atoms with Crippen molar-refractivity contribution in [3.05, 3.63) is 185 Å². The van der Waals surface area contributed by atoms with Crippen LogP contribution in [-0.2, 0) is 44.7 Å². The van der Waals surface area contributed by atoms with Crippen LogP contribution in [0.5, 0.6) is 11.5 Å². The van der Waals surface area contributed by atoms with E-state index in [2.05, 4.69) is 37.2 Å². The molecule has 5 aliphatic rings. The summed E-state index contributed by atoms with van der Waals surface area (Å²) in [6.07, 6.45) is 10.7. The number of aliphatic carboxylic acids is 1. The van der Waals surface area contributed by atoms with Crippen molar-refractivity contribution in [2.45, 2.75) is 83.0 Å². The van der Waals surface area contributed by atoms with E-state index in [0.717, 1.165) is 0 Å². The number of nitrogens with one attached hydrogen (secondary N) is 8. The molecule has 0 bridgehead atoms. The van der Waals surface area contributed by atoms with Crippen LogP contribution in [0.25, 0.3) is 45.6 Å². The van der Waals surface area contributed by atoms with E-state index in [-0.39, 0.29) is 146 Å². The fourth-order valence-corrected chi connectivity index (χ4v) is 11.0. The van der Waals surface area contributed by atoms with Crippen LogP contribution in [0.15, 0.2) is 152 Å². The fourth-order valence-electron chi connectivity index (χ4n) is 10.6. The Morgan fingerprint density at radius 2 is 1.22 bits per heavy atom. The Hall–Kier alpha value is -12.4. The van der Waals surface area contributed by atoms with Crippen LogP contribution in [0.3, 0.4) is 0 Å². The molecule has 29 heteroatoms. The Morgan fingerprint density at radius 3 is 1.82 bits per heavy atom. The fraction of sp³-hybridized carbons (Fsp3) is 0.232. The molecular formula is C69H61Cl2N13O14. The van der Waals surface area contributed by atoms with E-state index in [1.807, 2.05) is 24.3 Å². The number of phenols is 2. The van der Waals surface area contributed by atoms with E-state index in [1.165, 1.54) is 97.1 Å². The van der Waals surface area contributed by atoms with Gasteiger partial charge in [0.1, 0.15) is 105 Å². The molecule has 8 rings (SSSR count). The molecule has 4 atom stereocenters. The topological polar surface area (TPSA) is 458 Å². The number of hydrogen-bond donors (Lipinski definition) is 12. The van der Waals surface area contributed by atoms with Crippen LogP contribution in [0.2, 0.25) is 10.0 Å². The zero-order chi connectivity index (χ0) is 70.9. The molecule has 27 nitrogen and oxygen atoms in total. The van der Waals surface area contributed by atoms with Crippen molar-refractivity contribution in [3.8, 4) is 58.2 Å². The molecule has 1 aliphatic carbocycles. The van der Waals surface area contributed by atoms with Crippen LogP contribution in [0.4, 0.5) is 0 Å². The largest absolute Gasteiger partial charge is 0.508 e. The first-order valence-corrected chi connectivity index (χ1v) is 30.8. The number of nitrogens with two attached hydrogens (primary N) is 1. The lowest BCUT2D eigenvalue weighted by Crippen LogP contribution is -2.58. The van der Waals surface area contributed by atoms with Gasteiger partial charge in [0.05, 0.1) is 34.1 Å². The Balaban J connectivity index is 1.10. The minimum Gasteiger partial charge on any atom is -0.508 e. The number of halogens is 2. The minimum atomic E-state index is -1.72. The number of ether oxygens (including phenoxy) is 2. The van der Waals surface area contributed by atoms with Crippen LogP contribution in [0, 0.1) is 50.7 Å². The summed E-state index contributed by atoms with van der Waals surface area (Å²) in [7, 11) is 0. The number of amides is 6.